The third kappa shape index (κ3) is 15.1. The van der Waals surface area contributed by atoms with Gasteiger partial charge in [-0.15, -0.1) is 22.7 Å². The number of benzene rings is 2. The molecular formula is C42H48N2O6S2. The van der Waals surface area contributed by atoms with Gasteiger partial charge in [0, 0.05) is 34.7 Å². The molecule has 4 N–H and O–H groups in total. The van der Waals surface area contributed by atoms with E-state index in [9.17, 15) is 9.59 Å². The standard InChI is InChI=1S/C42H48N2O6S2/c1-31(25-37(43)39-21-19-35(51-39)17-9-11-23-47-29-33-13-5-3-6-14-33)27-49-41(45)42(46)50-28-32(2)26-38(44)40-22-20-36(52-40)18-10-12-24-48-30-34-15-7-4-8-16-34/h3-8,13-16,19-22,31-32,37-38H,11-12,23-30,43-44H2,1-2H3/t31-,32-,37?,38?/m1/s1. The molecular weight excluding hydrogens is 693 g/mol. The SMILES string of the molecule is C[C@@H](COC(=O)C(=O)OC[C@H](C)CC(N)c1ccc(C#CCCOCc2ccccc2)s1)CC(N)c1ccc(C#CCCOCc2ccccc2)s1. The highest BCUT2D eigenvalue weighted by molar-refractivity contribution is 7.12. The zero-order valence-corrected chi connectivity index (χ0v) is 31.5. The lowest BCUT2D eigenvalue weighted by Gasteiger charge is -2.17. The van der Waals surface area contributed by atoms with Gasteiger partial charge in [-0.1, -0.05) is 98.2 Å². The number of esters is 2. The lowest BCUT2D eigenvalue weighted by molar-refractivity contribution is -0.169. The molecule has 2 heterocycles. The van der Waals surface area contributed by atoms with Gasteiger partial charge in [0.05, 0.1) is 49.4 Å². The van der Waals surface area contributed by atoms with Gasteiger partial charge in [-0.3, -0.25) is 0 Å². The summed E-state index contributed by atoms with van der Waals surface area (Å²) in [7, 11) is 0. The van der Waals surface area contributed by atoms with E-state index in [1.165, 1.54) is 0 Å². The Morgan fingerprint density at radius 1 is 0.615 bits per heavy atom. The molecule has 2 aromatic heterocycles. The van der Waals surface area contributed by atoms with Gasteiger partial charge < -0.3 is 30.4 Å². The van der Waals surface area contributed by atoms with E-state index in [-0.39, 0.29) is 37.1 Å². The van der Waals surface area contributed by atoms with Crippen LogP contribution in [0.5, 0.6) is 0 Å². The predicted octanol–water partition coefficient (Wildman–Crippen LogP) is 7.57. The highest BCUT2D eigenvalue weighted by atomic mass is 32.1. The Kier molecular flexibility index (Phi) is 17.6. The van der Waals surface area contributed by atoms with E-state index in [4.69, 9.17) is 30.4 Å². The van der Waals surface area contributed by atoms with Crippen molar-refractivity contribution < 1.29 is 28.5 Å². The van der Waals surface area contributed by atoms with Crippen molar-refractivity contribution in [3.63, 3.8) is 0 Å². The Morgan fingerprint density at radius 3 is 1.42 bits per heavy atom. The van der Waals surface area contributed by atoms with Crippen LogP contribution in [0.4, 0.5) is 0 Å². The van der Waals surface area contributed by atoms with Crippen LogP contribution in [0, 0.1) is 35.5 Å². The van der Waals surface area contributed by atoms with E-state index in [1.807, 2.05) is 98.8 Å². The Hall–Kier alpha value is -4.26. The molecule has 0 saturated carbocycles. The number of carbonyl (C=O) groups is 2. The number of hydrogen-bond donors (Lipinski definition) is 2. The lowest BCUT2D eigenvalue weighted by Crippen LogP contribution is -2.26. The zero-order valence-electron chi connectivity index (χ0n) is 29.9. The van der Waals surface area contributed by atoms with Crippen LogP contribution in [0.25, 0.3) is 0 Å². The molecule has 4 atom stereocenters. The molecule has 0 bridgehead atoms. The molecule has 2 aromatic carbocycles. The van der Waals surface area contributed by atoms with Gasteiger partial charge in [0.25, 0.3) is 0 Å². The summed E-state index contributed by atoms with van der Waals surface area (Å²) in [6, 6.07) is 27.5. The molecule has 52 heavy (non-hydrogen) atoms. The molecule has 4 aromatic rings. The zero-order chi connectivity index (χ0) is 37.0. The van der Waals surface area contributed by atoms with Crippen molar-refractivity contribution in [1.82, 2.24) is 0 Å². The maximum atomic E-state index is 12.3. The first-order valence-electron chi connectivity index (χ1n) is 17.5. The van der Waals surface area contributed by atoms with E-state index < -0.39 is 11.9 Å². The van der Waals surface area contributed by atoms with Gasteiger partial charge in [0.15, 0.2) is 0 Å². The topological polar surface area (TPSA) is 123 Å². The van der Waals surface area contributed by atoms with E-state index in [0.717, 1.165) is 30.6 Å². The average molecular weight is 741 g/mol. The summed E-state index contributed by atoms with van der Waals surface area (Å²) in [6.07, 6.45) is 2.45. The molecule has 0 spiro atoms. The third-order valence-electron chi connectivity index (χ3n) is 7.85. The summed E-state index contributed by atoms with van der Waals surface area (Å²) in [4.78, 5) is 28.5. The van der Waals surface area contributed by atoms with Crippen molar-refractivity contribution in [3.8, 4) is 23.7 Å². The van der Waals surface area contributed by atoms with Gasteiger partial charge in [0.2, 0.25) is 0 Å². The normalized spacial score (nSPS) is 13.1. The smallest absolute Gasteiger partial charge is 0.417 e. The maximum absolute atomic E-state index is 12.3. The van der Waals surface area contributed by atoms with Crippen LogP contribution in [-0.4, -0.2) is 38.4 Å². The minimum Gasteiger partial charge on any atom is -0.457 e. The largest absolute Gasteiger partial charge is 0.457 e. The Balaban J connectivity index is 1.06. The van der Waals surface area contributed by atoms with Crippen LogP contribution in [0.2, 0.25) is 0 Å². The Labute approximate surface area is 315 Å². The summed E-state index contributed by atoms with van der Waals surface area (Å²) >= 11 is 3.10. The van der Waals surface area contributed by atoms with Crippen LogP contribution in [0.1, 0.15) is 82.2 Å². The van der Waals surface area contributed by atoms with E-state index in [1.54, 1.807) is 22.7 Å². The quantitative estimate of drug-likeness (QED) is 0.0464. The summed E-state index contributed by atoms with van der Waals surface area (Å²) in [6.45, 7) is 6.26. The van der Waals surface area contributed by atoms with Gasteiger partial charge >= 0.3 is 11.9 Å². The van der Waals surface area contributed by atoms with Crippen molar-refractivity contribution in [2.24, 2.45) is 23.3 Å². The van der Waals surface area contributed by atoms with E-state index in [2.05, 4.69) is 23.7 Å². The lowest BCUT2D eigenvalue weighted by atomic mass is 10.0. The van der Waals surface area contributed by atoms with Crippen molar-refractivity contribution in [1.29, 1.82) is 0 Å². The first-order chi connectivity index (χ1) is 25.3. The van der Waals surface area contributed by atoms with Gasteiger partial charge in [-0.2, -0.15) is 0 Å². The molecule has 0 saturated heterocycles. The van der Waals surface area contributed by atoms with Crippen LogP contribution >= 0.6 is 22.7 Å². The summed E-state index contributed by atoms with van der Waals surface area (Å²) in [5, 5.41) is 0. The minimum absolute atomic E-state index is 0.0598. The monoisotopic (exact) mass is 740 g/mol. The number of rotatable bonds is 18. The molecule has 10 heteroatoms. The summed E-state index contributed by atoms with van der Waals surface area (Å²) in [5.74, 6) is 10.5. The second-order valence-corrected chi connectivity index (χ2v) is 14.9. The predicted molar refractivity (Wildman–Crippen MR) is 207 cm³/mol. The maximum Gasteiger partial charge on any atom is 0.417 e. The first-order valence-corrected chi connectivity index (χ1v) is 19.2. The van der Waals surface area contributed by atoms with E-state index in [0.29, 0.717) is 52.1 Å². The number of hydrogen-bond acceptors (Lipinski definition) is 10. The number of nitrogens with two attached hydrogens (primary N) is 2. The van der Waals surface area contributed by atoms with Crippen molar-refractivity contribution in [3.05, 3.63) is 116 Å². The van der Waals surface area contributed by atoms with Crippen molar-refractivity contribution in [2.45, 2.75) is 64.8 Å². The highest BCUT2D eigenvalue weighted by Gasteiger charge is 2.22. The molecule has 8 nitrogen and oxygen atoms in total. The molecule has 0 aliphatic rings. The van der Waals surface area contributed by atoms with Gasteiger partial charge in [-0.05, 0) is 60.1 Å². The van der Waals surface area contributed by atoms with E-state index >= 15 is 0 Å². The first kappa shape index (κ1) is 40.5. The van der Waals surface area contributed by atoms with Crippen molar-refractivity contribution in [2.75, 3.05) is 26.4 Å². The number of thiophene rings is 2. The Morgan fingerprint density at radius 2 is 1.02 bits per heavy atom. The second kappa shape index (κ2) is 22.6. The van der Waals surface area contributed by atoms with Crippen molar-refractivity contribution >= 4 is 34.6 Å². The van der Waals surface area contributed by atoms with Gasteiger partial charge in [0.1, 0.15) is 0 Å². The van der Waals surface area contributed by atoms with Gasteiger partial charge in [-0.25, -0.2) is 9.59 Å². The fraction of sp³-hybridized carbons (Fsp3) is 0.381. The number of carbonyl (C=O) groups excluding carboxylic acids is 2. The summed E-state index contributed by atoms with van der Waals surface area (Å²) < 4.78 is 21.8. The second-order valence-electron chi connectivity index (χ2n) is 12.7. The van der Waals surface area contributed by atoms with Crippen LogP contribution in [-0.2, 0) is 41.8 Å². The summed E-state index contributed by atoms with van der Waals surface area (Å²) in [5.41, 5.74) is 15.1. The molecule has 0 aliphatic heterocycles. The third-order valence-corrected chi connectivity index (χ3v) is 10.1. The fourth-order valence-electron chi connectivity index (χ4n) is 5.10. The molecule has 0 aliphatic carbocycles. The number of ether oxygens (including phenoxy) is 4. The fourth-order valence-corrected chi connectivity index (χ4v) is 6.90. The molecule has 2 unspecified atom stereocenters. The van der Waals surface area contributed by atoms with Crippen LogP contribution in [0.3, 0.4) is 0 Å². The molecule has 274 valence electrons. The molecule has 0 radical (unpaired) electrons. The molecule has 0 fully saturated rings. The average Bonchev–Trinajstić information content (AvgIpc) is 3.84. The van der Waals surface area contributed by atoms with Crippen LogP contribution in [0.15, 0.2) is 84.9 Å². The highest BCUT2D eigenvalue weighted by Crippen LogP contribution is 2.27. The Bertz CT molecular complexity index is 1650. The molecule has 4 rings (SSSR count). The molecule has 0 amide bonds. The van der Waals surface area contributed by atoms with Crippen LogP contribution < -0.4 is 11.5 Å². The minimum atomic E-state index is -1.01.